The molecular weight excluding hydrogens is 253 g/mol. The number of allylic oxidation sites excluding steroid dienone is 1. The van der Waals surface area contributed by atoms with Crippen LogP contribution in [0.3, 0.4) is 0 Å². The van der Waals surface area contributed by atoms with Crippen molar-refractivity contribution in [2.75, 3.05) is 39.8 Å². The van der Waals surface area contributed by atoms with E-state index in [-0.39, 0.29) is 0 Å². The standard InChI is InChI=1S/C15H30N3P/c1-5-17(9-8-16(4)19)14-6-7-15(10-14)11-18(12-15)13(2)3/h14H,2,5-12,19H2,1,3-4H3. The summed E-state index contributed by atoms with van der Waals surface area (Å²) >= 11 is 0. The molecular formula is C15H30N3P. The normalized spacial score (nSPS) is 25.4. The number of hydrogen-bond acceptors (Lipinski definition) is 3. The molecule has 2 unspecified atom stereocenters. The first-order valence-corrected chi connectivity index (χ1v) is 8.08. The highest BCUT2D eigenvalue weighted by Gasteiger charge is 2.48. The van der Waals surface area contributed by atoms with Gasteiger partial charge in [-0.25, -0.2) is 0 Å². The van der Waals surface area contributed by atoms with Crippen molar-refractivity contribution >= 4 is 9.39 Å². The summed E-state index contributed by atoms with van der Waals surface area (Å²) in [5.74, 6) is 0. The molecule has 1 saturated heterocycles. The van der Waals surface area contributed by atoms with Crippen molar-refractivity contribution in [3.8, 4) is 0 Å². The summed E-state index contributed by atoms with van der Waals surface area (Å²) in [7, 11) is 4.89. The van der Waals surface area contributed by atoms with Gasteiger partial charge in [0.15, 0.2) is 0 Å². The second-order valence-corrected chi connectivity index (χ2v) is 7.48. The summed E-state index contributed by atoms with van der Waals surface area (Å²) in [6.07, 6.45) is 4.19. The van der Waals surface area contributed by atoms with E-state index in [2.05, 4.69) is 51.3 Å². The van der Waals surface area contributed by atoms with Crippen LogP contribution < -0.4 is 0 Å². The third-order valence-corrected chi connectivity index (χ3v) is 5.19. The maximum atomic E-state index is 4.06. The first kappa shape index (κ1) is 15.3. The average Bonchev–Trinajstić information content (AvgIpc) is 2.72. The van der Waals surface area contributed by atoms with Gasteiger partial charge < -0.3 is 4.90 Å². The fourth-order valence-electron chi connectivity index (χ4n) is 3.69. The minimum absolute atomic E-state index is 0.615. The van der Waals surface area contributed by atoms with Gasteiger partial charge in [0.05, 0.1) is 0 Å². The van der Waals surface area contributed by atoms with Crippen LogP contribution in [0, 0.1) is 5.41 Å². The summed E-state index contributed by atoms with van der Waals surface area (Å²) in [5.41, 5.74) is 1.86. The van der Waals surface area contributed by atoms with Crippen LogP contribution in [0.15, 0.2) is 12.3 Å². The first-order valence-electron chi connectivity index (χ1n) is 7.56. The van der Waals surface area contributed by atoms with Crippen molar-refractivity contribution in [2.24, 2.45) is 5.41 Å². The van der Waals surface area contributed by atoms with E-state index in [1.165, 1.54) is 51.1 Å². The van der Waals surface area contributed by atoms with Crippen LogP contribution in [0.5, 0.6) is 0 Å². The lowest BCUT2D eigenvalue weighted by Gasteiger charge is -2.50. The molecule has 0 bridgehead atoms. The number of likely N-dealkylation sites (N-methyl/N-ethyl adjacent to an activating group) is 2. The summed E-state index contributed by atoms with van der Waals surface area (Å²) in [6, 6.07) is 0.808. The molecule has 3 nitrogen and oxygen atoms in total. The van der Waals surface area contributed by atoms with E-state index in [4.69, 9.17) is 0 Å². The molecule has 1 heterocycles. The van der Waals surface area contributed by atoms with Gasteiger partial charge in [0.25, 0.3) is 0 Å². The number of rotatable bonds is 6. The van der Waals surface area contributed by atoms with E-state index in [0.29, 0.717) is 5.41 Å². The molecule has 1 aliphatic heterocycles. The maximum Gasteiger partial charge on any atom is 0.0249 e. The second-order valence-electron chi connectivity index (χ2n) is 6.60. The van der Waals surface area contributed by atoms with E-state index in [0.717, 1.165) is 12.6 Å². The minimum atomic E-state index is 0.615. The van der Waals surface area contributed by atoms with Gasteiger partial charge in [-0.2, -0.15) is 0 Å². The van der Waals surface area contributed by atoms with Gasteiger partial charge >= 0.3 is 0 Å². The zero-order valence-corrected chi connectivity index (χ0v) is 14.0. The SMILES string of the molecule is C=C(C)N1CC2(CCC(N(CC)CCN(C)P)C2)C1. The van der Waals surface area contributed by atoms with Crippen LogP contribution in [0.1, 0.15) is 33.1 Å². The zero-order chi connectivity index (χ0) is 14.0. The van der Waals surface area contributed by atoms with Crippen LogP contribution in [0.25, 0.3) is 0 Å². The topological polar surface area (TPSA) is 9.72 Å². The van der Waals surface area contributed by atoms with Crippen molar-refractivity contribution in [1.29, 1.82) is 0 Å². The van der Waals surface area contributed by atoms with E-state index in [1.807, 2.05) is 0 Å². The number of nitrogens with zero attached hydrogens (tertiary/aromatic N) is 3. The Morgan fingerprint density at radius 2 is 2.11 bits per heavy atom. The molecule has 2 rings (SSSR count). The largest absolute Gasteiger partial charge is 0.374 e. The molecule has 0 aromatic heterocycles. The van der Waals surface area contributed by atoms with Gasteiger partial charge in [0.2, 0.25) is 0 Å². The third-order valence-electron chi connectivity index (χ3n) is 4.93. The maximum absolute atomic E-state index is 4.06. The third kappa shape index (κ3) is 3.51. The van der Waals surface area contributed by atoms with Crippen LogP contribution in [-0.4, -0.2) is 60.3 Å². The van der Waals surface area contributed by atoms with Crippen molar-refractivity contribution < 1.29 is 0 Å². The van der Waals surface area contributed by atoms with Crippen LogP contribution >= 0.6 is 9.39 Å². The highest BCUT2D eigenvalue weighted by molar-refractivity contribution is 7.13. The van der Waals surface area contributed by atoms with Gasteiger partial charge in [-0.05, 0) is 39.8 Å². The molecule has 4 heteroatoms. The van der Waals surface area contributed by atoms with Crippen LogP contribution in [0.2, 0.25) is 0 Å². The lowest BCUT2D eigenvalue weighted by Crippen LogP contribution is -2.54. The fraction of sp³-hybridized carbons (Fsp3) is 0.867. The molecule has 1 saturated carbocycles. The molecule has 1 aliphatic carbocycles. The molecule has 0 amide bonds. The minimum Gasteiger partial charge on any atom is -0.374 e. The Balaban J connectivity index is 1.82. The van der Waals surface area contributed by atoms with E-state index >= 15 is 0 Å². The Morgan fingerprint density at radius 1 is 1.42 bits per heavy atom. The lowest BCUT2D eigenvalue weighted by molar-refractivity contribution is 0.0278. The summed E-state index contributed by atoms with van der Waals surface area (Å²) in [6.45, 7) is 14.5. The van der Waals surface area contributed by atoms with Gasteiger partial charge in [0, 0.05) is 43.3 Å². The summed E-state index contributed by atoms with van der Waals surface area (Å²) in [4.78, 5) is 5.12. The van der Waals surface area contributed by atoms with Crippen molar-refractivity contribution in [1.82, 2.24) is 14.5 Å². The molecule has 2 atom stereocenters. The van der Waals surface area contributed by atoms with E-state index in [1.54, 1.807) is 0 Å². The van der Waals surface area contributed by atoms with Gasteiger partial charge in [-0.15, -0.1) is 0 Å². The Morgan fingerprint density at radius 3 is 2.63 bits per heavy atom. The summed E-state index contributed by atoms with van der Waals surface area (Å²) < 4.78 is 2.21. The molecule has 110 valence electrons. The Hall–Kier alpha value is -0.110. The molecule has 19 heavy (non-hydrogen) atoms. The smallest absolute Gasteiger partial charge is 0.0249 e. The Labute approximate surface area is 121 Å². The molecule has 1 spiro atoms. The molecule has 0 aromatic carbocycles. The van der Waals surface area contributed by atoms with Gasteiger partial charge in [-0.1, -0.05) is 22.9 Å². The zero-order valence-electron chi connectivity index (χ0n) is 12.9. The van der Waals surface area contributed by atoms with Gasteiger partial charge in [-0.3, -0.25) is 9.57 Å². The summed E-state index contributed by atoms with van der Waals surface area (Å²) in [5, 5.41) is 0. The van der Waals surface area contributed by atoms with Crippen molar-refractivity contribution in [3.63, 3.8) is 0 Å². The van der Waals surface area contributed by atoms with Crippen LogP contribution in [0.4, 0.5) is 0 Å². The number of likely N-dealkylation sites (tertiary alicyclic amines) is 1. The quantitative estimate of drug-likeness (QED) is 0.693. The Bertz CT molecular complexity index is 323. The molecule has 0 radical (unpaired) electrons. The molecule has 2 aliphatic rings. The fourth-order valence-corrected chi connectivity index (χ4v) is 3.81. The Kier molecular flexibility index (Phi) is 4.92. The first-order chi connectivity index (χ1) is 8.96. The molecule has 2 fully saturated rings. The monoisotopic (exact) mass is 283 g/mol. The highest BCUT2D eigenvalue weighted by Crippen LogP contribution is 2.47. The molecule has 0 aromatic rings. The molecule has 0 N–H and O–H groups in total. The second kappa shape index (κ2) is 6.11. The van der Waals surface area contributed by atoms with E-state index < -0.39 is 0 Å². The van der Waals surface area contributed by atoms with Crippen molar-refractivity contribution in [3.05, 3.63) is 12.3 Å². The van der Waals surface area contributed by atoms with Crippen LogP contribution in [-0.2, 0) is 0 Å². The van der Waals surface area contributed by atoms with Crippen molar-refractivity contribution in [2.45, 2.75) is 39.2 Å². The van der Waals surface area contributed by atoms with E-state index in [9.17, 15) is 0 Å². The highest BCUT2D eigenvalue weighted by atomic mass is 31.0. The average molecular weight is 283 g/mol. The predicted molar refractivity (Wildman–Crippen MR) is 86.0 cm³/mol. The number of hydrogen-bond donors (Lipinski definition) is 0. The van der Waals surface area contributed by atoms with Gasteiger partial charge in [0.1, 0.15) is 0 Å². The predicted octanol–water partition coefficient (Wildman–Crippen LogP) is 2.42. The lowest BCUT2D eigenvalue weighted by atomic mass is 9.77.